The van der Waals surface area contributed by atoms with Crippen molar-refractivity contribution in [3.05, 3.63) is 72.3 Å². The summed E-state index contributed by atoms with van der Waals surface area (Å²) >= 11 is 0. The van der Waals surface area contributed by atoms with Gasteiger partial charge in [0.25, 0.3) is 15.9 Å². The lowest BCUT2D eigenvalue weighted by Crippen LogP contribution is -2.37. The minimum Gasteiger partial charge on any atom is -0.343 e. The molecule has 0 aliphatic heterocycles. The van der Waals surface area contributed by atoms with Crippen LogP contribution in [0.2, 0.25) is 0 Å². The van der Waals surface area contributed by atoms with Crippen molar-refractivity contribution in [3.8, 4) is 0 Å². The van der Waals surface area contributed by atoms with Gasteiger partial charge in [-0.2, -0.15) is 0 Å². The van der Waals surface area contributed by atoms with Crippen LogP contribution >= 0.6 is 0 Å². The van der Waals surface area contributed by atoms with E-state index in [2.05, 4.69) is 10.0 Å². The van der Waals surface area contributed by atoms with Crippen LogP contribution in [0.4, 0.5) is 5.69 Å². The summed E-state index contributed by atoms with van der Waals surface area (Å²) in [7, 11) is -3.83. The van der Waals surface area contributed by atoms with E-state index in [0.29, 0.717) is 17.9 Å². The molecule has 0 heterocycles. The zero-order valence-corrected chi connectivity index (χ0v) is 19.2. The molecule has 0 saturated heterocycles. The summed E-state index contributed by atoms with van der Waals surface area (Å²) in [5.41, 5.74) is 0.579. The Morgan fingerprint density at radius 2 is 1.70 bits per heavy atom. The molecule has 1 fully saturated rings. The van der Waals surface area contributed by atoms with Gasteiger partial charge < -0.3 is 10.1 Å². The maximum Gasteiger partial charge on any atom is 0.261 e. The van der Waals surface area contributed by atoms with Gasteiger partial charge in [-0.1, -0.05) is 68.5 Å². The van der Waals surface area contributed by atoms with Crippen molar-refractivity contribution in [2.24, 2.45) is 5.92 Å². The van der Waals surface area contributed by atoms with Crippen LogP contribution in [0.5, 0.6) is 0 Å². The first-order chi connectivity index (χ1) is 15.9. The van der Waals surface area contributed by atoms with E-state index in [4.69, 9.17) is 0 Å². The zero-order valence-electron chi connectivity index (χ0n) is 18.4. The van der Waals surface area contributed by atoms with Crippen molar-refractivity contribution < 1.29 is 18.0 Å². The molecule has 0 radical (unpaired) electrons. The van der Waals surface area contributed by atoms with Crippen molar-refractivity contribution in [1.82, 2.24) is 5.32 Å². The predicted molar refractivity (Wildman–Crippen MR) is 130 cm³/mol. The summed E-state index contributed by atoms with van der Waals surface area (Å²) < 4.78 is 28.4. The Bertz CT molecular complexity index is 1250. The van der Waals surface area contributed by atoms with Crippen molar-refractivity contribution in [3.63, 3.8) is 0 Å². The van der Waals surface area contributed by atoms with Gasteiger partial charge in [0.15, 0.2) is 0 Å². The number of fused-ring (bicyclic) bond motifs is 1. The SMILES string of the molecule is O=CC(CC1CCCCC1)NC(=O)c1cccc(NS(=O)(=O)c2ccc3ccccc3c2)c1. The standard InChI is InChI=1S/C26H28N2O4S/c29-18-24(15-19-7-2-1-3-8-19)27-26(30)22-11-6-12-23(16-22)28-33(31,32)25-14-13-20-9-4-5-10-21(20)17-25/h4-6,9-14,16-19,24,28H,1-3,7-8,15H2,(H,27,30). The number of sulfonamides is 1. The molecule has 1 amide bonds. The van der Waals surface area contributed by atoms with E-state index in [1.165, 1.54) is 25.3 Å². The molecule has 33 heavy (non-hydrogen) atoms. The van der Waals surface area contributed by atoms with Gasteiger partial charge in [-0.05, 0) is 53.4 Å². The van der Waals surface area contributed by atoms with Crippen LogP contribution in [0.25, 0.3) is 10.8 Å². The lowest BCUT2D eigenvalue weighted by molar-refractivity contribution is -0.109. The number of carbonyl (C=O) groups excluding carboxylic acids is 2. The van der Waals surface area contributed by atoms with Crippen molar-refractivity contribution >= 4 is 38.7 Å². The molecule has 1 aliphatic carbocycles. The third kappa shape index (κ3) is 5.79. The quantitative estimate of drug-likeness (QED) is 0.464. The fourth-order valence-corrected chi connectivity index (χ4v) is 5.54. The number of anilines is 1. The highest BCUT2D eigenvalue weighted by Crippen LogP contribution is 2.27. The molecule has 2 N–H and O–H groups in total. The fourth-order valence-electron chi connectivity index (χ4n) is 4.45. The van der Waals surface area contributed by atoms with E-state index < -0.39 is 22.0 Å². The van der Waals surface area contributed by atoms with E-state index in [0.717, 1.165) is 29.9 Å². The number of benzene rings is 3. The molecule has 1 aliphatic rings. The highest BCUT2D eigenvalue weighted by molar-refractivity contribution is 7.92. The smallest absolute Gasteiger partial charge is 0.261 e. The Balaban J connectivity index is 1.46. The van der Waals surface area contributed by atoms with Crippen LogP contribution in [-0.2, 0) is 14.8 Å². The van der Waals surface area contributed by atoms with Gasteiger partial charge in [0.2, 0.25) is 0 Å². The minimum atomic E-state index is -3.83. The lowest BCUT2D eigenvalue weighted by Gasteiger charge is -2.24. The van der Waals surface area contributed by atoms with Crippen molar-refractivity contribution in [2.45, 2.75) is 49.5 Å². The fraction of sp³-hybridized carbons (Fsp3) is 0.308. The minimum absolute atomic E-state index is 0.143. The number of nitrogens with one attached hydrogen (secondary N) is 2. The monoisotopic (exact) mass is 464 g/mol. The molecule has 172 valence electrons. The number of aldehydes is 1. The molecule has 4 rings (SSSR count). The number of hydrogen-bond donors (Lipinski definition) is 2. The van der Waals surface area contributed by atoms with Crippen LogP contribution in [-0.4, -0.2) is 26.7 Å². The van der Waals surface area contributed by atoms with E-state index in [-0.39, 0.29) is 10.6 Å². The molecule has 3 aromatic rings. The van der Waals surface area contributed by atoms with Gasteiger partial charge in [-0.25, -0.2) is 8.42 Å². The van der Waals surface area contributed by atoms with Crippen LogP contribution in [0.3, 0.4) is 0 Å². The average Bonchev–Trinajstić information content (AvgIpc) is 2.83. The molecule has 0 aromatic heterocycles. The lowest BCUT2D eigenvalue weighted by atomic mass is 9.85. The normalized spacial score (nSPS) is 15.6. The van der Waals surface area contributed by atoms with Gasteiger partial charge in [0, 0.05) is 11.3 Å². The second-order valence-electron chi connectivity index (χ2n) is 8.65. The molecule has 7 heteroatoms. The molecular weight excluding hydrogens is 436 g/mol. The van der Waals surface area contributed by atoms with Gasteiger partial charge in [-0.15, -0.1) is 0 Å². The van der Waals surface area contributed by atoms with E-state index in [1.807, 2.05) is 24.3 Å². The first-order valence-corrected chi connectivity index (χ1v) is 12.8. The molecule has 3 aromatic carbocycles. The Kier molecular flexibility index (Phi) is 7.08. The van der Waals surface area contributed by atoms with E-state index >= 15 is 0 Å². The molecular formula is C26H28N2O4S. The van der Waals surface area contributed by atoms with E-state index in [1.54, 1.807) is 36.4 Å². The van der Waals surface area contributed by atoms with Crippen LogP contribution in [0.1, 0.15) is 48.9 Å². The van der Waals surface area contributed by atoms with Gasteiger partial charge in [0.05, 0.1) is 10.9 Å². The highest BCUT2D eigenvalue weighted by atomic mass is 32.2. The Morgan fingerprint density at radius 1 is 0.939 bits per heavy atom. The maximum absolute atomic E-state index is 12.9. The van der Waals surface area contributed by atoms with E-state index in [9.17, 15) is 18.0 Å². The van der Waals surface area contributed by atoms with Gasteiger partial charge in [0.1, 0.15) is 6.29 Å². The topological polar surface area (TPSA) is 92.3 Å². The number of rotatable bonds is 8. The van der Waals surface area contributed by atoms with Crippen molar-refractivity contribution in [1.29, 1.82) is 0 Å². The highest BCUT2D eigenvalue weighted by Gasteiger charge is 2.21. The predicted octanol–water partition coefficient (Wildman–Crippen LogP) is 4.91. The average molecular weight is 465 g/mol. The summed E-state index contributed by atoms with van der Waals surface area (Å²) in [6.07, 6.45) is 7.19. The summed E-state index contributed by atoms with van der Waals surface area (Å²) in [5, 5.41) is 4.57. The first kappa shape index (κ1) is 23.0. The Hall–Kier alpha value is -3.19. The first-order valence-electron chi connectivity index (χ1n) is 11.3. The van der Waals surface area contributed by atoms with Gasteiger partial charge in [-0.3, -0.25) is 9.52 Å². The summed E-state index contributed by atoms with van der Waals surface area (Å²) in [6.45, 7) is 0. The molecule has 0 spiro atoms. The van der Waals surface area contributed by atoms with Crippen LogP contribution in [0, 0.1) is 5.92 Å². The summed E-state index contributed by atoms with van der Waals surface area (Å²) in [4.78, 5) is 24.4. The molecule has 0 bridgehead atoms. The maximum atomic E-state index is 12.9. The van der Waals surface area contributed by atoms with Crippen LogP contribution in [0.15, 0.2) is 71.6 Å². The second kappa shape index (κ2) is 10.2. The third-order valence-corrected chi connectivity index (χ3v) is 7.58. The second-order valence-corrected chi connectivity index (χ2v) is 10.3. The molecule has 1 saturated carbocycles. The largest absolute Gasteiger partial charge is 0.343 e. The molecule has 6 nitrogen and oxygen atoms in total. The summed E-state index contributed by atoms with van der Waals surface area (Å²) in [5.74, 6) is 0.0593. The Labute approximate surface area is 194 Å². The summed E-state index contributed by atoms with van der Waals surface area (Å²) in [6, 6.07) is 18.2. The third-order valence-electron chi connectivity index (χ3n) is 6.20. The Morgan fingerprint density at radius 3 is 2.45 bits per heavy atom. The zero-order chi connectivity index (χ0) is 23.3. The molecule has 1 unspecified atom stereocenters. The van der Waals surface area contributed by atoms with Crippen LogP contribution < -0.4 is 10.0 Å². The van der Waals surface area contributed by atoms with Crippen molar-refractivity contribution in [2.75, 3.05) is 4.72 Å². The number of hydrogen-bond acceptors (Lipinski definition) is 4. The number of carbonyl (C=O) groups is 2. The van der Waals surface area contributed by atoms with Gasteiger partial charge >= 0.3 is 0 Å². The molecule has 1 atom stereocenters. The number of amides is 1.